The van der Waals surface area contributed by atoms with Gasteiger partial charge in [0, 0.05) is 57.3 Å². The summed E-state index contributed by atoms with van der Waals surface area (Å²) in [5, 5.41) is 6.06. The van der Waals surface area contributed by atoms with Crippen molar-refractivity contribution >= 4 is 17.8 Å². The summed E-state index contributed by atoms with van der Waals surface area (Å²) >= 11 is 0. The number of aromatic amines is 1. The van der Waals surface area contributed by atoms with Crippen molar-refractivity contribution in [1.82, 2.24) is 30.4 Å². The molecule has 10 nitrogen and oxygen atoms in total. The van der Waals surface area contributed by atoms with Crippen LogP contribution in [0, 0.1) is 0 Å². The van der Waals surface area contributed by atoms with Crippen LogP contribution in [0.5, 0.6) is 5.75 Å². The number of imidazole rings is 1. The first kappa shape index (κ1) is 37.4. The normalized spacial score (nSPS) is 12.3. The van der Waals surface area contributed by atoms with Crippen LogP contribution in [0.3, 0.4) is 0 Å². The van der Waals surface area contributed by atoms with E-state index >= 15 is 0 Å². The van der Waals surface area contributed by atoms with Crippen LogP contribution in [0.25, 0.3) is 0 Å². The molecular formula is C42H48N6O4. The Labute approximate surface area is 306 Å². The maximum Gasteiger partial charge on any atom is 0.318 e. The summed E-state index contributed by atoms with van der Waals surface area (Å²) in [6.07, 6.45) is 3.56. The number of nitrogens with zero attached hydrogens (tertiary/aromatic N) is 3. The van der Waals surface area contributed by atoms with Crippen LogP contribution < -0.4 is 15.4 Å². The molecule has 1 aromatic heterocycles. The molecule has 3 N–H and O–H groups in total. The van der Waals surface area contributed by atoms with E-state index in [1.165, 1.54) is 16.1 Å². The van der Waals surface area contributed by atoms with Crippen LogP contribution in [0.4, 0.5) is 4.79 Å². The molecule has 0 saturated carbocycles. The van der Waals surface area contributed by atoms with Crippen molar-refractivity contribution < 1.29 is 19.1 Å². The quantitative estimate of drug-likeness (QED) is 0.118. The maximum absolute atomic E-state index is 14.4. The lowest BCUT2D eigenvalue weighted by Crippen LogP contribution is -2.57. The highest BCUT2D eigenvalue weighted by Crippen LogP contribution is 2.23. The molecule has 5 aromatic rings. The lowest BCUT2D eigenvalue weighted by Gasteiger charge is -2.33. The summed E-state index contributed by atoms with van der Waals surface area (Å²) in [5.74, 6) is 0.00280. The van der Waals surface area contributed by atoms with E-state index in [9.17, 15) is 14.4 Å². The fourth-order valence-corrected chi connectivity index (χ4v) is 5.91. The van der Waals surface area contributed by atoms with Gasteiger partial charge in [-0.15, -0.1) is 0 Å². The molecule has 0 aliphatic heterocycles. The highest BCUT2D eigenvalue weighted by molar-refractivity contribution is 5.92. The summed E-state index contributed by atoms with van der Waals surface area (Å²) in [6, 6.07) is 34.9. The Morgan fingerprint density at radius 2 is 1.40 bits per heavy atom. The number of H-pyrrole nitrogens is 1. The Bertz CT molecular complexity index is 1850. The first-order chi connectivity index (χ1) is 25.1. The SMILES string of the molecule is CN(Cc1ccccc1)C(=O)NC(Cc1cnc[nH]1)C(=O)N(C)C(Cc1ccc(OCc2ccccc2)cc1)C(=O)NCC(C)(C)c1ccccc1. The summed E-state index contributed by atoms with van der Waals surface area (Å²) in [4.78, 5) is 52.1. The molecule has 2 unspecified atom stereocenters. The molecule has 0 aliphatic rings. The van der Waals surface area contributed by atoms with Gasteiger partial charge in [-0.3, -0.25) is 9.59 Å². The average Bonchev–Trinajstić information content (AvgIpc) is 3.69. The number of likely N-dealkylation sites (N-methyl/N-ethyl adjacent to an activating group) is 1. The number of amides is 4. The van der Waals surface area contributed by atoms with Crippen LogP contribution in [-0.4, -0.2) is 70.3 Å². The van der Waals surface area contributed by atoms with Crippen LogP contribution in [-0.2, 0) is 41.0 Å². The summed E-state index contributed by atoms with van der Waals surface area (Å²) in [6.45, 7) is 5.30. The van der Waals surface area contributed by atoms with Gasteiger partial charge in [0.15, 0.2) is 0 Å². The van der Waals surface area contributed by atoms with E-state index in [2.05, 4.69) is 34.4 Å². The largest absolute Gasteiger partial charge is 0.489 e. The van der Waals surface area contributed by atoms with Crippen molar-refractivity contribution in [1.29, 1.82) is 0 Å². The number of carbonyl (C=O) groups excluding carboxylic acids is 3. The molecule has 0 saturated heterocycles. The fraction of sp³-hybridized carbons (Fsp3) is 0.286. The molecule has 10 heteroatoms. The van der Waals surface area contributed by atoms with Gasteiger partial charge >= 0.3 is 6.03 Å². The molecule has 0 fully saturated rings. The number of rotatable bonds is 16. The molecule has 4 amide bonds. The Morgan fingerprint density at radius 3 is 2.02 bits per heavy atom. The summed E-state index contributed by atoms with van der Waals surface area (Å²) in [7, 11) is 3.30. The minimum atomic E-state index is -0.971. The Hall–Kier alpha value is -5.90. The van der Waals surface area contributed by atoms with E-state index in [1.54, 1.807) is 20.3 Å². The van der Waals surface area contributed by atoms with E-state index in [0.29, 0.717) is 31.1 Å². The lowest BCUT2D eigenvalue weighted by molar-refractivity contribution is -0.140. The Balaban J connectivity index is 1.35. The molecular weight excluding hydrogens is 652 g/mol. The van der Waals surface area contributed by atoms with Crippen molar-refractivity contribution in [2.75, 3.05) is 20.6 Å². The number of benzene rings is 4. The number of carbonyl (C=O) groups is 3. The number of ether oxygens (including phenoxy) is 1. The predicted molar refractivity (Wildman–Crippen MR) is 202 cm³/mol. The first-order valence-corrected chi connectivity index (χ1v) is 17.5. The second-order valence-corrected chi connectivity index (χ2v) is 13.7. The molecule has 4 aromatic carbocycles. The molecule has 52 heavy (non-hydrogen) atoms. The highest BCUT2D eigenvalue weighted by Gasteiger charge is 2.34. The third kappa shape index (κ3) is 10.6. The second-order valence-electron chi connectivity index (χ2n) is 13.7. The number of urea groups is 1. The van der Waals surface area contributed by atoms with Crippen molar-refractivity contribution in [3.8, 4) is 5.75 Å². The lowest BCUT2D eigenvalue weighted by atomic mass is 9.84. The molecule has 5 rings (SSSR count). The molecule has 0 aliphatic carbocycles. The van der Waals surface area contributed by atoms with Gasteiger partial charge in [-0.1, -0.05) is 117 Å². The van der Waals surface area contributed by atoms with Gasteiger partial charge in [0.25, 0.3) is 0 Å². The van der Waals surface area contributed by atoms with Crippen LogP contribution >= 0.6 is 0 Å². The van der Waals surface area contributed by atoms with Gasteiger partial charge in [-0.25, -0.2) is 9.78 Å². The number of nitrogens with one attached hydrogen (secondary N) is 3. The van der Waals surface area contributed by atoms with Gasteiger partial charge in [0.2, 0.25) is 11.8 Å². The van der Waals surface area contributed by atoms with Crippen molar-refractivity contribution in [2.45, 2.75) is 57.3 Å². The standard InChI is InChI=1S/C42H48N6O4/c1-42(2,34-18-12-7-13-19-34)29-44-39(49)38(24-31-20-22-36(23-21-31)52-28-33-16-10-6-11-17-33)48(4)40(50)37(25-35-26-43-30-45-35)46-41(51)47(3)27-32-14-8-5-9-15-32/h5-23,26,30,37-38H,24-25,27-29H2,1-4H3,(H,43,45)(H,44,49)(H,46,51). The second kappa shape index (κ2) is 17.8. The van der Waals surface area contributed by atoms with E-state index in [0.717, 1.165) is 22.3 Å². The molecule has 0 radical (unpaired) electrons. The molecule has 0 bridgehead atoms. The third-order valence-corrected chi connectivity index (χ3v) is 9.16. The number of aromatic nitrogens is 2. The van der Waals surface area contributed by atoms with Crippen LogP contribution in [0.15, 0.2) is 128 Å². The van der Waals surface area contributed by atoms with E-state index < -0.39 is 24.0 Å². The van der Waals surface area contributed by atoms with Crippen molar-refractivity contribution in [2.24, 2.45) is 0 Å². The third-order valence-electron chi connectivity index (χ3n) is 9.16. The highest BCUT2D eigenvalue weighted by atomic mass is 16.5. The van der Waals surface area contributed by atoms with Crippen LogP contribution in [0.2, 0.25) is 0 Å². The minimum Gasteiger partial charge on any atom is -0.489 e. The summed E-state index contributed by atoms with van der Waals surface area (Å²) < 4.78 is 5.98. The minimum absolute atomic E-state index is 0.164. The Morgan fingerprint density at radius 1 is 0.788 bits per heavy atom. The van der Waals surface area contributed by atoms with Crippen molar-refractivity contribution in [3.05, 3.63) is 156 Å². The van der Waals surface area contributed by atoms with Gasteiger partial charge in [-0.05, 0) is 34.4 Å². The molecule has 270 valence electrons. The van der Waals surface area contributed by atoms with Gasteiger partial charge < -0.3 is 30.2 Å². The topological polar surface area (TPSA) is 120 Å². The van der Waals surface area contributed by atoms with Gasteiger partial charge in [0.05, 0.1) is 6.33 Å². The van der Waals surface area contributed by atoms with Crippen molar-refractivity contribution in [3.63, 3.8) is 0 Å². The Kier molecular flexibility index (Phi) is 12.8. The molecule has 2 atom stereocenters. The zero-order chi connectivity index (χ0) is 36.9. The van der Waals surface area contributed by atoms with Gasteiger partial charge in [0.1, 0.15) is 24.4 Å². The molecule has 0 spiro atoms. The van der Waals surface area contributed by atoms with E-state index in [4.69, 9.17) is 4.74 Å². The monoisotopic (exact) mass is 700 g/mol. The number of hydrogen-bond donors (Lipinski definition) is 3. The van der Waals surface area contributed by atoms with E-state index in [-0.39, 0.29) is 24.2 Å². The predicted octanol–water partition coefficient (Wildman–Crippen LogP) is 5.91. The maximum atomic E-state index is 14.4. The molecule has 1 heterocycles. The zero-order valence-corrected chi connectivity index (χ0v) is 30.3. The smallest absolute Gasteiger partial charge is 0.318 e. The zero-order valence-electron chi connectivity index (χ0n) is 30.3. The van der Waals surface area contributed by atoms with E-state index in [1.807, 2.05) is 115 Å². The first-order valence-electron chi connectivity index (χ1n) is 17.5. The fourth-order valence-electron chi connectivity index (χ4n) is 5.91. The van der Waals surface area contributed by atoms with Crippen LogP contribution in [0.1, 0.15) is 41.8 Å². The summed E-state index contributed by atoms with van der Waals surface area (Å²) in [5.41, 5.74) is 4.28. The van der Waals surface area contributed by atoms with Gasteiger partial charge in [-0.2, -0.15) is 0 Å². The number of hydrogen-bond acceptors (Lipinski definition) is 5. The average molecular weight is 701 g/mol.